The lowest BCUT2D eigenvalue weighted by Gasteiger charge is -2.08. The molecule has 0 atom stereocenters. The molecule has 4 nitrogen and oxygen atoms in total. The van der Waals surface area contributed by atoms with E-state index in [1.54, 1.807) is 18.2 Å². The minimum Gasteiger partial charge on any atom is -0.398 e. The molecule has 104 valence electrons. The van der Waals surface area contributed by atoms with E-state index in [9.17, 15) is 4.79 Å². The fourth-order valence-corrected chi connectivity index (χ4v) is 2.13. The molecule has 2 aromatic carbocycles. The molecule has 0 saturated carbocycles. The van der Waals surface area contributed by atoms with E-state index in [-0.39, 0.29) is 12.5 Å². The van der Waals surface area contributed by atoms with E-state index in [0.29, 0.717) is 17.8 Å². The lowest BCUT2D eigenvalue weighted by Crippen LogP contribution is -2.23. The van der Waals surface area contributed by atoms with Crippen molar-refractivity contribution in [2.75, 3.05) is 5.73 Å². The quantitative estimate of drug-likeness (QED) is 0.752. The average molecular weight is 335 g/mol. The molecule has 0 radical (unpaired) electrons. The lowest BCUT2D eigenvalue weighted by atomic mass is 10.1. The van der Waals surface area contributed by atoms with Crippen LogP contribution in [0.5, 0.6) is 0 Å². The number of carbonyl (C=O) groups is 1. The van der Waals surface area contributed by atoms with Crippen molar-refractivity contribution in [3.05, 3.63) is 63.6 Å². The van der Waals surface area contributed by atoms with Crippen LogP contribution in [0.1, 0.15) is 21.5 Å². The Morgan fingerprint density at radius 3 is 2.45 bits per heavy atom. The molecule has 0 heterocycles. The van der Waals surface area contributed by atoms with Crippen LogP contribution in [0.3, 0.4) is 0 Å². The fraction of sp³-hybridized carbons (Fsp3) is 0.133. The highest BCUT2D eigenvalue weighted by molar-refractivity contribution is 9.10. The zero-order chi connectivity index (χ0) is 14.5. The Morgan fingerprint density at radius 2 is 1.80 bits per heavy atom. The molecule has 4 N–H and O–H groups in total. The van der Waals surface area contributed by atoms with Crippen molar-refractivity contribution in [2.24, 2.45) is 0 Å². The number of amides is 1. The van der Waals surface area contributed by atoms with Gasteiger partial charge in [-0.2, -0.15) is 0 Å². The van der Waals surface area contributed by atoms with Gasteiger partial charge in [-0.05, 0) is 29.3 Å². The zero-order valence-electron chi connectivity index (χ0n) is 10.8. The number of anilines is 1. The Bertz CT molecular complexity index is 612. The molecule has 0 bridgehead atoms. The van der Waals surface area contributed by atoms with E-state index < -0.39 is 0 Å². The van der Waals surface area contributed by atoms with Gasteiger partial charge in [0.2, 0.25) is 0 Å². The predicted octanol–water partition coefficient (Wildman–Crippen LogP) is 2.45. The second kappa shape index (κ2) is 6.54. The minimum absolute atomic E-state index is 0.0151. The molecule has 0 saturated heterocycles. The first-order valence-electron chi connectivity index (χ1n) is 6.12. The Hall–Kier alpha value is -1.85. The predicted molar refractivity (Wildman–Crippen MR) is 82.1 cm³/mol. The summed E-state index contributed by atoms with van der Waals surface area (Å²) in [6.07, 6.45) is 0. The highest BCUT2D eigenvalue weighted by Gasteiger charge is 2.09. The van der Waals surface area contributed by atoms with Gasteiger partial charge in [-0.1, -0.05) is 40.2 Å². The molecule has 0 aliphatic heterocycles. The number of carbonyl (C=O) groups excluding carboxylic acids is 1. The van der Waals surface area contributed by atoms with Gasteiger partial charge in [-0.3, -0.25) is 4.79 Å². The van der Waals surface area contributed by atoms with Gasteiger partial charge in [0, 0.05) is 16.7 Å². The van der Waals surface area contributed by atoms with Gasteiger partial charge in [-0.15, -0.1) is 0 Å². The molecule has 0 spiro atoms. The first-order chi connectivity index (χ1) is 9.60. The first kappa shape index (κ1) is 14.6. The van der Waals surface area contributed by atoms with Crippen LogP contribution in [0.4, 0.5) is 5.69 Å². The molecule has 20 heavy (non-hydrogen) atoms. The zero-order valence-corrected chi connectivity index (χ0v) is 12.4. The van der Waals surface area contributed by atoms with Crippen molar-refractivity contribution in [3.63, 3.8) is 0 Å². The van der Waals surface area contributed by atoms with E-state index in [2.05, 4.69) is 21.2 Å². The number of benzene rings is 2. The molecule has 0 aliphatic rings. The summed E-state index contributed by atoms with van der Waals surface area (Å²) < 4.78 is 0.809. The van der Waals surface area contributed by atoms with Crippen LogP contribution in [0.25, 0.3) is 0 Å². The second-order valence-corrected chi connectivity index (χ2v) is 5.30. The molecule has 2 aromatic rings. The maximum atomic E-state index is 12.1. The number of halogens is 1. The van der Waals surface area contributed by atoms with Crippen molar-refractivity contribution in [2.45, 2.75) is 13.2 Å². The summed E-state index contributed by atoms with van der Waals surface area (Å²) in [5, 5.41) is 11.8. The summed E-state index contributed by atoms with van der Waals surface area (Å²) in [6, 6.07) is 12.6. The number of aliphatic hydroxyl groups is 1. The van der Waals surface area contributed by atoms with E-state index in [1.807, 2.05) is 24.3 Å². The third kappa shape index (κ3) is 3.59. The van der Waals surface area contributed by atoms with Crippen LogP contribution in [0.15, 0.2) is 46.9 Å². The fourth-order valence-electron chi connectivity index (χ4n) is 1.77. The van der Waals surface area contributed by atoms with E-state index in [1.165, 1.54) is 0 Å². The van der Waals surface area contributed by atoms with Gasteiger partial charge in [0.1, 0.15) is 0 Å². The molecule has 5 heteroatoms. The van der Waals surface area contributed by atoms with Gasteiger partial charge >= 0.3 is 0 Å². The van der Waals surface area contributed by atoms with Gasteiger partial charge in [-0.25, -0.2) is 0 Å². The number of nitrogens with two attached hydrogens (primary N) is 1. The number of rotatable bonds is 4. The third-order valence-electron chi connectivity index (χ3n) is 2.92. The minimum atomic E-state index is -0.213. The summed E-state index contributed by atoms with van der Waals surface area (Å²) in [5.74, 6) is -0.213. The normalized spacial score (nSPS) is 10.3. The van der Waals surface area contributed by atoms with Gasteiger partial charge < -0.3 is 16.2 Å². The average Bonchev–Trinajstić information content (AvgIpc) is 2.47. The van der Waals surface area contributed by atoms with Crippen LogP contribution >= 0.6 is 15.9 Å². The Balaban J connectivity index is 2.02. The molecule has 0 aliphatic carbocycles. The lowest BCUT2D eigenvalue weighted by molar-refractivity contribution is 0.0951. The first-order valence-corrected chi connectivity index (χ1v) is 6.91. The van der Waals surface area contributed by atoms with E-state index in [0.717, 1.165) is 15.6 Å². The largest absolute Gasteiger partial charge is 0.398 e. The topological polar surface area (TPSA) is 75.4 Å². The Labute approximate surface area is 125 Å². The van der Waals surface area contributed by atoms with Crippen molar-refractivity contribution in [1.29, 1.82) is 0 Å². The highest BCUT2D eigenvalue weighted by atomic mass is 79.9. The number of nitrogens with one attached hydrogen (secondary N) is 1. The third-order valence-corrected chi connectivity index (χ3v) is 3.41. The summed E-state index contributed by atoms with van der Waals surface area (Å²) in [5.41, 5.74) is 8.49. The second-order valence-electron chi connectivity index (χ2n) is 4.39. The van der Waals surface area contributed by atoms with Crippen molar-refractivity contribution in [3.8, 4) is 0 Å². The molecule has 2 rings (SSSR count). The number of hydrogen-bond acceptors (Lipinski definition) is 3. The monoisotopic (exact) mass is 334 g/mol. The van der Waals surface area contributed by atoms with E-state index in [4.69, 9.17) is 10.8 Å². The smallest absolute Gasteiger partial charge is 0.253 e. The number of hydrogen-bond donors (Lipinski definition) is 3. The standard InChI is InChI=1S/C15H15BrN2O2/c16-12-5-6-14(17)13(7-12)15(20)18-8-10-1-3-11(9-19)4-2-10/h1-7,19H,8-9,17H2,(H,18,20). The van der Waals surface area contributed by atoms with Crippen LogP contribution in [-0.4, -0.2) is 11.0 Å². The van der Waals surface area contributed by atoms with Gasteiger partial charge in [0.15, 0.2) is 0 Å². The van der Waals surface area contributed by atoms with Gasteiger partial charge in [0.25, 0.3) is 5.91 Å². The maximum Gasteiger partial charge on any atom is 0.253 e. The molecular formula is C15H15BrN2O2. The molecule has 0 unspecified atom stereocenters. The summed E-state index contributed by atoms with van der Waals surface area (Å²) in [4.78, 5) is 12.1. The summed E-state index contributed by atoms with van der Waals surface area (Å²) in [7, 11) is 0. The van der Waals surface area contributed by atoms with Crippen molar-refractivity contribution < 1.29 is 9.90 Å². The van der Waals surface area contributed by atoms with Crippen LogP contribution in [0.2, 0.25) is 0 Å². The summed E-state index contributed by atoms with van der Waals surface area (Å²) >= 11 is 3.32. The number of nitrogen functional groups attached to an aromatic ring is 1. The Morgan fingerprint density at radius 1 is 1.15 bits per heavy atom. The molecular weight excluding hydrogens is 320 g/mol. The Kier molecular flexibility index (Phi) is 4.76. The van der Waals surface area contributed by atoms with Crippen LogP contribution < -0.4 is 11.1 Å². The number of aliphatic hydroxyl groups excluding tert-OH is 1. The molecule has 0 aromatic heterocycles. The van der Waals surface area contributed by atoms with E-state index >= 15 is 0 Å². The maximum absolute atomic E-state index is 12.1. The molecule has 1 amide bonds. The summed E-state index contributed by atoms with van der Waals surface area (Å²) in [6.45, 7) is 0.428. The van der Waals surface area contributed by atoms with Crippen LogP contribution in [0, 0.1) is 0 Å². The van der Waals surface area contributed by atoms with Crippen molar-refractivity contribution >= 4 is 27.5 Å². The van der Waals surface area contributed by atoms with Gasteiger partial charge in [0.05, 0.1) is 12.2 Å². The molecule has 0 fully saturated rings. The highest BCUT2D eigenvalue weighted by Crippen LogP contribution is 2.18. The van der Waals surface area contributed by atoms with Crippen LogP contribution in [-0.2, 0) is 13.2 Å². The van der Waals surface area contributed by atoms with Crippen molar-refractivity contribution in [1.82, 2.24) is 5.32 Å². The SMILES string of the molecule is Nc1ccc(Br)cc1C(=O)NCc1ccc(CO)cc1.